The van der Waals surface area contributed by atoms with Gasteiger partial charge in [0.1, 0.15) is 11.4 Å². The highest BCUT2D eigenvalue weighted by Crippen LogP contribution is 2.41. The predicted molar refractivity (Wildman–Crippen MR) is 91.0 cm³/mol. The van der Waals surface area contributed by atoms with Crippen molar-refractivity contribution in [1.29, 1.82) is 0 Å². The summed E-state index contributed by atoms with van der Waals surface area (Å²) in [4.78, 5) is 8.94. The smallest absolute Gasteiger partial charge is 0.220 e. The Kier molecular flexibility index (Phi) is 4.18. The Hall–Kier alpha value is -2.23. The summed E-state index contributed by atoms with van der Waals surface area (Å²) in [6, 6.07) is 1.55. The monoisotopic (exact) mass is 371 g/mol. The van der Waals surface area contributed by atoms with Gasteiger partial charge in [0.15, 0.2) is 21.5 Å². The molecule has 0 amide bonds. The van der Waals surface area contributed by atoms with Gasteiger partial charge < -0.3 is 11.5 Å². The summed E-state index contributed by atoms with van der Waals surface area (Å²) in [5, 5.41) is 0. The van der Waals surface area contributed by atoms with Crippen molar-refractivity contribution in [3.63, 3.8) is 0 Å². The molecule has 1 heterocycles. The zero-order valence-corrected chi connectivity index (χ0v) is 14.5. The van der Waals surface area contributed by atoms with Gasteiger partial charge in [-0.05, 0) is 37.8 Å². The van der Waals surface area contributed by atoms with Crippen LogP contribution in [0.15, 0.2) is 27.0 Å². The number of guanidine groups is 2. The Bertz CT molecular complexity index is 853. The van der Waals surface area contributed by atoms with Crippen molar-refractivity contribution in [2.24, 2.45) is 21.5 Å². The lowest BCUT2D eigenvalue weighted by atomic mass is 9.87. The Morgan fingerprint density at radius 1 is 1.12 bits per heavy atom. The van der Waals surface area contributed by atoms with E-state index in [-0.39, 0.29) is 11.9 Å². The molecule has 1 aliphatic heterocycles. The van der Waals surface area contributed by atoms with Gasteiger partial charge in [-0.15, -0.1) is 0 Å². The van der Waals surface area contributed by atoms with Crippen LogP contribution in [0.2, 0.25) is 0 Å². The molecule has 25 heavy (non-hydrogen) atoms. The highest BCUT2D eigenvalue weighted by atomic mass is 32.2. The zero-order valence-electron chi connectivity index (χ0n) is 13.7. The number of nitrogens with zero attached hydrogens (tertiary/aromatic N) is 3. The standard InChI is InChI=1S/C15H19F2N5O2S/c1-25(23,24)9-7-10(16)12(11(17)8-9)22-14(19)20-13(18)21-15(22)5-3-2-4-6-15/h7-8H,2-6H2,1H3,(H4,18,19,20,21). The van der Waals surface area contributed by atoms with Crippen molar-refractivity contribution >= 4 is 27.4 Å². The first-order valence-electron chi connectivity index (χ1n) is 7.83. The van der Waals surface area contributed by atoms with E-state index >= 15 is 0 Å². The summed E-state index contributed by atoms with van der Waals surface area (Å²) in [5.74, 6) is -2.29. The number of benzene rings is 1. The highest BCUT2D eigenvalue weighted by Gasteiger charge is 2.44. The second-order valence-corrected chi connectivity index (χ2v) is 8.34. The predicted octanol–water partition coefficient (Wildman–Crippen LogP) is 1.48. The number of rotatable bonds is 2. The molecular formula is C15H19F2N5O2S. The SMILES string of the molecule is CS(=O)(=O)c1cc(F)c(N2C(N)=NC(N)=NC23CCCCC3)c(F)c1. The molecule has 1 aromatic carbocycles. The summed E-state index contributed by atoms with van der Waals surface area (Å²) in [6.07, 6.45) is 4.47. The summed E-state index contributed by atoms with van der Waals surface area (Å²) >= 11 is 0. The first-order valence-corrected chi connectivity index (χ1v) is 9.72. The largest absolute Gasteiger partial charge is 0.369 e. The van der Waals surface area contributed by atoms with Gasteiger partial charge in [0.25, 0.3) is 0 Å². The van der Waals surface area contributed by atoms with Crippen LogP contribution in [0.5, 0.6) is 0 Å². The minimum atomic E-state index is -3.76. The molecule has 1 aliphatic carbocycles. The molecule has 3 rings (SSSR count). The second kappa shape index (κ2) is 5.94. The van der Waals surface area contributed by atoms with Gasteiger partial charge in [-0.3, -0.25) is 4.90 Å². The molecule has 0 aromatic heterocycles. The minimum absolute atomic E-state index is 0.0378. The fraction of sp³-hybridized carbons (Fsp3) is 0.467. The fourth-order valence-corrected chi connectivity index (χ4v) is 4.05. The third-order valence-electron chi connectivity index (χ3n) is 4.49. The zero-order chi connectivity index (χ0) is 18.4. The van der Waals surface area contributed by atoms with Crippen molar-refractivity contribution in [2.45, 2.75) is 42.7 Å². The van der Waals surface area contributed by atoms with Crippen LogP contribution in [0, 0.1) is 11.6 Å². The number of hydrogen-bond donors (Lipinski definition) is 2. The first-order chi connectivity index (χ1) is 11.6. The number of halogens is 2. The molecule has 1 saturated carbocycles. The molecule has 2 aliphatic rings. The number of nitrogens with two attached hydrogens (primary N) is 2. The lowest BCUT2D eigenvalue weighted by Crippen LogP contribution is -2.58. The molecular weight excluding hydrogens is 352 g/mol. The molecule has 0 saturated heterocycles. The Morgan fingerprint density at radius 3 is 2.20 bits per heavy atom. The van der Waals surface area contributed by atoms with Crippen LogP contribution in [-0.4, -0.2) is 32.3 Å². The number of sulfone groups is 1. The lowest BCUT2D eigenvalue weighted by Gasteiger charge is -2.45. The average molecular weight is 371 g/mol. The average Bonchev–Trinajstić information content (AvgIpc) is 2.49. The van der Waals surface area contributed by atoms with Gasteiger partial charge in [-0.1, -0.05) is 6.42 Å². The number of aliphatic imine (C=N–C) groups is 2. The molecule has 136 valence electrons. The van der Waals surface area contributed by atoms with Gasteiger partial charge in [-0.25, -0.2) is 22.2 Å². The van der Waals surface area contributed by atoms with Gasteiger partial charge in [0.05, 0.1) is 4.90 Å². The van der Waals surface area contributed by atoms with Crippen molar-refractivity contribution in [3.05, 3.63) is 23.8 Å². The normalized spacial score (nSPS) is 20.4. The minimum Gasteiger partial charge on any atom is -0.369 e. The van der Waals surface area contributed by atoms with E-state index in [1.165, 1.54) is 4.90 Å². The third kappa shape index (κ3) is 3.06. The van der Waals surface area contributed by atoms with Crippen molar-refractivity contribution < 1.29 is 17.2 Å². The van der Waals surface area contributed by atoms with E-state index in [0.29, 0.717) is 12.8 Å². The molecule has 7 nitrogen and oxygen atoms in total. The van der Waals surface area contributed by atoms with Crippen molar-refractivity contribution in [3.8, 4) is 0 Å². The maximum Gasteiger partial charge on any atom is 0.220 e. The van der Waals surface area contributed by atoms with E-state index in [2.05, 4.69) is 9.98 Å². The Balaban J connectivity index is 2.18. The first kappa shape index (κ1) is 17.6. The van der Waals surface area contributed by atoms with E-state index < -0.39 is 37.7 Å². The number of hydrogen-bond acceptors (Lipinski definition) is 7. The van der Waals surface area contributed by atoms with Crippen LogP contribution in [0.25, 0.3) is 0 Å². The van der Waals surface area contributed by atoms with E-state index in [9.17, 15) is 17.2 Å². The van der Waals surface area contributed by atoms with Gasteiger partial charge in [0.2, 0.25) is 11.9 Å². The van der Waals surface area contributed by atoms with Gasteiger partial charge in [0, 0.05) is 6.26 Å². The molecule has 1 spiro atoms. The van der Waals surface area contributed by atoms with E-state index in [4.69, 9.17) is 11.5 Å². The molecule has 10 heteroatoms. The number of anilines is 1. The van der Waals surface area contributed by atoms with Crippen LogP contribution >= 0.6 is 0 Å². The van der Waals surface area contributed by atoms with E-state index in [1.54, 1.807) is 0 Å². The molecule has 1 fully saturated rings. The maximum atomic E-state index is 14.7. The van der Waals surface area contributed by atoms with Crippen LogP contribution in [0.4, 0.5) is 14.5 Å². The molecule has 1 aromatic rings. The van der Waals surface area contributed by atoms with E-state index in [0.717, 1.165) is 37.7 Å². The van der Waals surface area contributed by atoms with E-state index in [1.807, 2.05) is 0 Å². The van der Waals surface area contributed by atoms with Gasteiger partial charge >= 0.3 is 0 Å². The van der Waals surface area contributed by atoms with Gasteiger partial charge in [-0.2, -0.15) is 4.99 Å². The molecule has 0 unspecified atom stereocenters. The maximum absolute atomic E-state index is 14.7. The third-order valence-corrected chi connectivity index (χ3v) is 5.59. The molecule has 0 bridgehead atoms. The highest BCUT2D eigenvalue weighted by molar-refractivity contribution is 7.90. The summed E-state index contributed by atoms with van der Waals surface area (Å²) in [7, 11) is -3.76. The quantitative estimate of drug-likeness (QED) is 0.817. The summed E-state index contributed by atoms with van der Waals surface area (Å²) < 4.78 is 52.6. The van der Waals surface area contributed by atoms with Crippen LogP contribution in [-0.2, 0) is 9.84 Å². The van der Waals surface area contributed by atoms with Crippen LogP contribution < -0.4 is 16.4 Å². The van der Waals surface area contributed by atoms with Crippen LogP contribution in [0.3, 0.4) is 0 Å². The molecule has 0 radical (unpaired) electrons. The van der Waals surface area contributed by atoms with Crippen molar-refractivity contribution in [2.75, 3.05) is 11.2 Å². The topological polar surface area (TPSA) is 114 Å². The second-order valence-electron chi connectivity index (χ2n) is 6.33. The lowest BCUT2D eigenvalue weighted by molar-refractivity contribution is 0.302. The molecule has 0 atom stereocenters. The van der Waals surface area contributed by atoms with Crippen LogP contribution in [0.1, 0.15) is 32.1 Å². The Labute approximate surface area is 144 Å². The van der Waals surface area contributed by atoms with Crippen molar-refractivity contribution in [1.82, 2.24) is 0 Å². The fourth-order valence-electron chi connectivity index (χ4n) is 3.41. The summed E-state index contributed by atoms with van der Waals surface area (Å²) in [6.45, 7) is 0. The Morgan fingerprint density at radius 2 is 1.68 bits per heavy atom. The summed E-state index contributed by atoms with van der Waals surface area (Å²) in [5.41, 5.74) is 10.2. The molecule has 4 N–H and O–H groups in total.